The molecular formula is C18H32O4. The van der Waals surface area contributed by atoms with Gasteiger partial charge >= 0.3 is 0 Å². The minimum Gasteiger partial charge on any atom is -0.345 e. The molecular weight excluding hydrogens is 280 g/mol. The molecule has 0 N–H and O–H groups in total. The molecule has 2 rings (SSSR count). The van der Waals surface area contributed by atoms with Crippen molar-refractivity contribution in [3.8, 4) is 0 Å². The summed E-state index contributed by atoms with van der Waals surface area (Å²) in [5.41, 5.74) is 0. The fourth-order valence-electron chi connectivity index (χ4n) is 2.78. The lowest BCUT2D eigenvalue weighted by Crippen LogP contribution is -2.31. The number of hydrogen-bond acceptors (Lipinski definition) is 4. The van der Waals surface area contributed by atoms with E-state index in [9.17, 15) is 9.59 Å². The molecule has 1 heterocycles. The Morgan fingerprint density at radius 3 is 1.95 bits per heavy atom. The standard InChI is InChI=1S/C10H18O.C8H14O3/c1-2-3-4-9-5-7-10(11)8-6-9;1-2-3-4-8-10-5-7(9)6-11-8/h9H,2-8H2,1H3;8H,2-6H2,1H3. The van der Waals surface area contributed by atoms with Gasteiger partial charge in [-0.25, -0.2) is 0 Å². The van der Waals surface area contributed by atoms with Crippen LogP contribution in [0.15, 0.2) is 0 Å². The van der Waals surface area contributed by atoms with Crippen molar-refractivity contribution in [2.24, 2.45) is 5.92 Å². The Labute approximate surface area is 134 Å². The number of carbonyl (C=O) groups is 2. The Morgan fingerprint density at radius 1 is 0.864 bits per heavy atom. The molecule has 2 fully saturated rings. The Balaban J connectivity index is 0.000000220. The van der Waals surface area contributed by atoms with Crippen LogP contribution in [0.2, 0.25) is 0 Å². The number of hydrogen-bond donors (Lipinski definition) is 0. The second-order valence-electron chi connectivity index (χ2n) is 6.36. The van der Waals surface area contributed by atoms with Gasteiger partial charge in [-0.2, -0.15) is 0 Å². The van der Waals surface area contributed by atoms with Crippen molar-refractivity contribution < 1.29 is 19.1 Å². The van der Waals surface area contributed by atoms with Gasteiger partial charge in [-0.1, -0.05) is 39.5 Å². The molecule has 0 atom stereocenters. The van der Waals surface area contributed by atoms with E-state index in [0.29, 0.717) is 5.78 Å². The van der Waals surface area contributed by atoms with Crippen LogP contribution in [-0.2, 0) is 19.1 Å². The summed E-state index contributed by atoms with van der Waals surface area (Å²) in [4.78, 5) is 21.5. The Bertz CT molecular complexity index is 275. The van der Waals surface area contributed by atoms with E-state index in [1.807, 2.05) is 0 Å². The van der Waals surface area contributed by atoms with Gasteiger partial charge in [0.05, 0.1) is 0 Å². The van der Waals surface area contributed by atoms with Crippen LogP contribution in [0.3, 0.4) is 0 Å². The summed E-state index contributed by atoms with van der Waals surface area (Å²) in [6.07, 6.45) is 11.0. The second kappa shape index (κ2) is 11.8. The molecule has 0 radical (unpaired) electrons. The third-order valence-corrected chi connectivity index (χ3v) is 4.28. The molecule has 1 saturated heterocycles. The SMILES string of the molecule is CCCCC1CCC(=O)CC1.CCCCC1OCC(=O)CO1. The van der Waals surface area contributed by atoms with E-state index in [-0.39, 0.29) is 25.3 Å². The third-order valence-electron chi connectivity index (χ3n) is 4.28. The van der Waals surface area contributed by atoms with Gasteiger partial charge in [0.15, 0.2) is 12.1 Å². The van der Waals surface area contributed by atoms with E-state index < -0.39 is 0 Å². The topological polar surface area (TPSA) is 52.6 Å². The number of unbranched alkanes of at least 4 members (excludes halogenated alkanes) is 2. The Morgan fingerprint density at radius 2 is 1.41 bits per heavy atom. The zero-order valence-corrected chi connectivity index (χ0v) is 14.3. The molecule has 0 aromatic carbocycles. The van der Waals surface area contributed by atoms with Crippen molar-refractivity contribution in [3.63, 3.8) is 0 Å². The average Bonchev–Trinajstić information content (AvgIpc) is 2.54. The first kappa shape index (κ1) is 19.3. The molecule has 0 unspecified atom stereocenters. The normalized spacial score (nSPS) is 20.6. The molecule has 1 saturated carbocycles. The van der Waals surface area contributed by atoms with Gasteiger partial charge in [-0.3, -0.25) is 9.59 Å². The highest BCUT2D eigenvalue weighted by atomic mass is 16.7. The lowest BCUT2D eigenvalue weighted by molar-refractivity contribution is -0.188. The number of ether oxygens (including phenoxy) is 2. The first-order valence-electron chi connectivity index (χ1n) is 8.92. The highest BCUT2D eigenvalue weighted by Gasteiger charge is 2.18. The van der Waals surface area contributed by atoms with Gasteiger partial charge in [0, 0.05) is 12.8 Å². The van der Waals surface area contributed by atoms with Crippen molar-refractivity contribution in [1.29, 1.82) is 0 Å². The number of ketones is 2. The Hall–Kier alpha value is -0.740. The van der Waals surface area contributed by atoms with Gasteiger partial charge < -0.3 is 9.47 Å². The van der Waals surface area contributed by atoms with E-state index >= 15 is 0 Å². The zero-order valence-electron chi connectivity index (χ0n) is 14.3. The van der Waals surface area contributed by atoms with E-state index in [1.165, 1.54) is 32.1 Å². The molecule has 22 heavy (non-hydrogen) atoms. The first-order chi connectivity index (χ1) is 10.7. The average molecular weight is 312 g/mol. The number of Topliss-reactive ketones (excluding diaryl/α,β-unsaturated/α-hetero) is 2. The summed E-state index contributed by atoms with van der Waals surface area (Å²) < 4.78 is 10.2. The predicted octanol–water partition coefficient (Wildman–Crippen LogP) is 4.05. The fourth-order valence-corrected chi connectivity index (χ4v) is 2.78. The number of rotatable bonds is 6. The molecule has 0 amide bonds. The smallest absolute Gasteiger partial charge is 0.184 e. The van der Waals surface area contributed by atoms with Crippen molar-refractivity contribution >= 4 is 11.6 Å². The van der Waals surface area contributed by atoms with Crippen LogP contribution in [0, 0.1) is 5.92 Å². The van der Waals surface area contributed by atoms with E-state index in [0.717, 1.165) is 38.0 Å². The second-order valence-corrected chi connectivity index (χ2v) is 6.36. The highest BCUT2D eigenvalue weighted by Crippen LogP contribution is 2.25. The monoisotopic (exact) mass is 312 g/mol. The fraction of sp³-hybridized carbons (Fsp3) is 0.889. The largest absolute Gasteiger partial charge is 0.345 e. The Kier molecular flexibility index (Phi) is 10.3. The molecule has 1 aliphatic carbocycles. The molecule has 4 nitrogen and oxygen atoms in total. The van der Waals surface area contributed by atoms with Crippen LogP contribution in [0.4, 0.5) is 0 Å². The molecule has 128 valence electrons. The quantitative estimate of drug-likeness (QED) is 0.742. The van der Waals surface area contributed by atoms with Gasteiger partial charge in [0.25, 0.3) is 0 Å². The van der Waals surface area contributed by atoms with Crippen LogP contribution in [0.25, 0.3) is 0 Å². The van der Waals surface area contributed by atoms with Crippen LogP contribution >= 0.6 is 0 Å². The van der Waals surface area contributed by atoms with E-state index in [4.69, 9.17) is 9.47 Å². The number of carbonyl (C=O) groups excluding carboxylic acids is 2. The molecule has 1 aliphatic heterocycles. The molecule has 0 aromatic rings. The van der Waals surface area contributed by atoms with Gasteiger partial charge in [-0.05, 0) is 31.6 Å². The van der Waals surface area contributed by atoms with Gasteiger partial charge in [-0.15, -0.1) is 0 Å². The van der Waals surface area contributed by atoms with Gasteiger partial charge in [0.2, 0.25) is 0 Å². The van der Waals surface area contributed by atoms with Gasteiger partial charge in [0.1, 0.15) is 19.0 Å². The van der Waals surface area contributed by atoms with Crippen LogP contribution in [0.5, 0.6) is 0 Å². The van der Waals surface area contributed by atoms with Crippen LogP contribution in [-0.4, -0.2) is 31.1 Å². The van der Waals surface area contributed by atoms with Crippen molar-refractivity contribution in [1.82, 2.24) is 0 Å². The summed E-state index contributed by atoms with van der Waals surface area (Å²) in [5.74, 6) is 1.39. The molecule has 2 aliphatic rings. The first-order valence-corrected chi connectivity index (χ1v) is 8.92. The van der Waals surface area contributed by atoms with Crippen molar-refractivity contribution in [2.45, 2.75) is 84.3 Å². The van der Waals surface area contributed by atoms with Crippen LogP contribution in [0.1, 0.15) is 78.1 Å². The zero-order chi connectivity index (χ0) is 16.2. The maximum Gasteiger partial charge on any atom is 0.184 e. The highest BCUT2D eigenvalue weighted by molar-refractivity contribution is 5.81. The molecule has 0 bridgehead atoms. The third kappa shape index (κ3) is 8.64. The minimum atomic E-state index is -0.132. The molecule has 4 heteroatoms. The van der Waals surface area contributed by atoms with Crippen LogP contribution < -0.4 is 0 Å². The summed E-state index contributed by atoms with van der Waals surface area (Å²) in [7, 11) is 0. The van der Waals surface area contributed by atoms with Crippen molar-refractivity contribution in [2.75, 3.05) is 13.2 Å². The minimum absolute atomic E-state index is 0.0396. The summed E-state index contributed by atoms with van der Waals surface area (Å²) >= 11 is 0. The molecule has 0 spiro atoms. The summed E-state index contributed by atoms with van der Waals surface area (Å²) in [6.45, 7) is 4.81. The lowest BCUT2D eigenvalue weighted by Gasteiger charge is -2.21. The molecule has 0 aromatic heterocycles. The lowest BCUT2D eigenvalue weighted by atomic mass is 9.85. The maximum absolute atomic E-state index is 10.9. The summed E-state index contributed by atoms with van der Waals surface area (Å²) in [5, 5.41) is 0. The van der Waals surface area contributed by atoms with E-state index in [2.05, 4.69) is 13.8 Å². The van der Waals surface area contributed by atoms with E-state index in [1.54, 1.807) is 0 Å². The van der Waals surface area contributed by atoms with Crippen molar-refractivity contribution in [3.05, 3.63) is 0 Å². The predicted molar refractivity (Wildman–Crippen MR) is 86.7 cm³/mol. The maximum atomic E-state index is 10.9. The summed E-state index contributed by atoms with van der Waals surface area (Å²) in [6, 6.07) is 0.